The number of halogens is 2. The quantitative estimate of drug-likeness (QED) is 0.854. The molecule has 0 aliphatic carbocycles. The molecule has 1 fully saturated rings. The van der Waals surface area contributed by atoms with E-state index in [0.717, 1.165) is 28.7 Å². The van der Waals surface area contributed by atoms with Gasteiger partial charge in [0.1, 0.15) is 5.82 Å². The van der Waals surface area contributed by atoms with Crippen LogP contribution in [0.25, 0.3) is 0 Å². The Morgan fingerprint density at radius 1 is 1.13 bits per heavy atom. The van der Waals surface area contributed by atoms with Crippen molar-refractivity contribution in [3.8, 4) is 0 Å². The van der Waals surface area contributed by atoms with Gasteiger partial charge in [-0.25, -0.2) is 4.39 Å². The van der Waals surface area contributed by atoms with Crippen molar-refractivity contribution in [3.63, 3.8) is 0 Å². The van der Waals surface area contributed by atoms with Gasteiger partial charge in [-0.1, -0.05) is 28.1 Å². The molecule has 0 saturated carbocycles. The third kappa shape index (κ3) is 3.98. The van der Waals surface area contributed by atoms with Gasteiger partial charge in [-0.15, -0.1) is 0 Å². The molecule has 5 heteroatoms. The summed E-state index contributed by atoms with van der Waals surface area (Å²) in [6.45, 7) is 1.93. The molecule has 1 saturated heterocycles. The third-order valence-corrected chi connectivity index (χ3v) is 4.47. The Labute approximate surface area is 143 Å². The van der Waals surface area contributed by atoms with Gasteiger partial charge in [0, 0.05) is 41.8 Å². The van der Waals surface area contributed by atoms with Crippen molar-refractivity contribution in [1.29, 1.82) is 0 Å². The minimum absolute atomic E-state index is 0.195. The van der Waals surface area contributed by atoms with Crippen molar-refractivity contribution in [2.75, 3.05) is 11.4 Å². The number of nitrogens with one attached hydrogen (secondary N) is 1. The molecule has 2 aromatic rings. The topological polar surface area (TPSA) is 32.3 Å². The predicted octanol–water partition coefficient (Wildman–Crippen LogP) is 4.00. The van der Waals surface area contributed by atoms with E-state index < -0.39 is 0 Å². The number of carbonyl (C=O) groups excluding carboxylic acids is 1. The van der Waals surface area contributed by atoms with Crippen LogP contribution in [0.1, 0.15) is 24.0 Å². The van der Waals surface area contributed by atoms with Crippen LogP contribution in [0.3, 0.4) is 0 Å². The van der Waals surface area contributed by atoms with Crippen LogP contribution in [0, 0.1) is 5.82 Å². The fraction of sp³-hybridized carbons (Fsp3) is 0.278. The summed E-state index contributed by atoms with van der Waals surface area (Å²) in [5, 5.41) is 3.24. The Bertz CT molecular complexity index is 703. The van der Waals surface area contributed by atoms with Crippen LogP contribution in [0.5, 0.6) is 0 Å². The summed E-state index contributed by atoms with van der Waals surface area (Å²) in [5.41, 5.74) is 2.70. The molecule has 0 spiro atoms. The van der Waals surface area contributed by atoms with E-state index in [9.17, 15) is 9.18 Å². The van der Waals surface area contributed by atoms with Crippen LogP contribution < -0.4 is 10.2 Å². The summed E-state index contributed by atoms with van der Waals surface area (Å²) in [7, 11) is 0. The molecular weight excluding hydrogens is 359 g/mol. The lowest BCUT2D eigenvalue weighted by Crippen LogP contribution is -2.23. The highest BCUT2D eigenvalue weighted by atomic mass is 79.9. The number of amides is 1. The zero-order chi connectivity index (χ0) is 16.2. The lowest BCUT2D eigenvalue weighted by atomic mass is 10.1. The van der Waals surface area contributed by atoms with Gasteiger partial charge in [0.05, 0.1) is 0 Å². The number of benzene rings is 2. The van der Waals surface area contributed by atoms with Gasteiger partial charge in [-0.3, -0.25) is 4.79 Å². The van der Waals surface area contributed by atoms with Crippen LogP contribution in [0.2, 0.25) is 0 Å². The normalized spacial score (nSPS) is 14.5. The Morgan fingerprint density at radius 3 is 2.61 bits per heavy atom. The van der Waals surface area contributed by atoms with E-state index in [-0.39, 0.29) is 11.7 Å². The van der Waals surface area contributed by atoms with Crippen molar-refractivity contribution in [2.45, 2.75) is 25.9 Å². The van der Waals surface area contributed by atoms with Crippen molar-refractivity contribution < 1.29 is 9.18 Å². The molecule has 0 radical (unpaired) electrons. The maximum Gasteiger partial charge on any atom is 0.227 e. The second kappa shape index (κ2) is 7.23. The van der Waals surface area contributed by atoms with Gasteiger partial charge < -0.3 is 10.2 Å². The predicted molar refractivity (Wildman–Crippen MR) is 92.7 cm³/mol. The van der Waals surface area contributed by atoms with Crippen molar-refractivity contribution in [1.82, 2.24) is 5.32 Å². The molecule has 23 heavy (non-hydrogen) atoms. The molecule has 120 valence electrons. The first-order valence-corrected chi connectivity index (χ1v) is 8.47. The number of carbonyl (C=O) groups is 1. The molecule has 1 aliphatic heterocycles. The van der Waals surface area contributed by atoms with Gasteiger partial charge in [0.25, 0.3) is 0 Å². The average Bonchev–Trinajstić information content (AvgIpc) is 2.97. The summed E-state index contributed by atoms with van der Waals surface area (Å²) in [5.74, 6) is -0.00963. The van der Waals surface area contributed by atoms with E-state index in [0.29, 0.717) is 25.1 Å². The molecule has 0 atom stereocenters. The highest BCUT2D eigenvalue weighted by Gasteiger charge is 2.21. The first-order valence-electron chi connectivity index (χ1n) is 7.67. The highest BCUT2D eigenvalue weighted by molar-refractivity contribution is 9.10. The molecule has 1 amide bonds. The van der Waals surface area contributed by atoms with Crippen molar-refractivity contribution in [3.05, 3.63) is 63.9 Å². The maximum absolute atomic E-state index is 13.7. The largest absolute Gasteiger partial charge is 0.312 e. The van der Waals surface area contributed by atoms with Gasteiger partial charge >= 0.3 is 0 Å². The zero-order valence-corrected chi connectivity index (χ0v) is 14.3. The number of hydrogen-bond acceptors (Lipinski definition) is 2. The SMILES string of the molecule is O=C1CCCN1c1ccc(CNCc2cc(Br)ccc2F)cc1. The highest BCUT2D eigenvalue weighted by Crippen LogP contribution is 2.21. The number of nitrogens with zero attached hydrogens (tertiary/aromatic N) is 1. The minimum Gasteiger partial charge on any atom is -0.312 e. The number of anilines is 1. The summed E-state index contributed by atoms with van der Waals surface area (Å²) in [6, 6.07) is 12.9. The van der Waals surface area contributed by atoms with Crippen molar-refractivity contribution >= 4 is 27.5 Å². The standard InChI is InChI=1S/C18H18BrFN2O/c19-15-5-8-17(20)14(10-15)12-21-11-13-3-6-16(7-4-13)22-9-1-2-18(22)23/h3-8,10,21H,1-2,9,11-12H2. The van der Waals surface area contributed by atoms with Crippen molar-refractivity contribution in [2.24, 2.45) is 0 Å². The Balaban J connectivity index is 1.56. The maximum atomic E-state index is 13.7. The molecule has 0 aromatic heterocycles. The molecule has 2 aromatic carbocycles. The van der Waals surface area contributed by atoms with E-state index in [1.807, 2.05) is 29.2 Å². The average molecular weight is 377 g/mol. The molecule has 3 rings (SSSR count). The van der Waals surface area contributed by atoms with E-state index in [1.165, 1.54) is 6.07 Å². The summed E-state index contributed by atoms with van der Waals surface area (Å²) < 4.78 is 14.5. The molecule has 1 N–H and O–H groups in total. The minimum atomic E-state index is -0.205. The van der Waals surface area contributed by atoms with Crippen LogP contribution in [0.15, 0.2) is 46.9 Å². The Hall–Kier alpha value is -1.72. The number of rotatable bonds is 5. The lowest BCUT2D eigenvalue weighted by molar-refractivity contribution is -0.117. The van der Waals surface area contributed by atoms with Gasteiger partial charge in [-0.2, -0.15) is 0 Å². The first kappa shape index (κ1) is 16.1. The molecule has 1 aliphatic rings. The Kier molecular flexibility index (Phi) is 5.08. The van der Waals surface area contributed by atoms with E-state index in [4.69, 9.17) is 0 Å². The van der Waals surface area contributed by atoms with Crippen LogP contribution in [-0.4, -0.2) is 12.5 Å². The lowest BCUT2D eigenvalue weighted by Gasteiger charge is -2.16. The number of hydrogen-bond donors (Lipinski definition) is 1. The molecular formula is C18H18BrFN2O. The molecule has 3 nitrogen and oxygen atoms in total. The molecule has 0 unspecified atom stereocenters. The van der Waals surface area contributed by atoms with Crippen LogP contribution in [0.4, 0.5) is 10.1 Å². The van der Waals surface area contributed by atoms with E-state index in [2.05, 4.69) is 21.2 Å². The van der Waals surface area contributed by atoms with E-state index >= 15 is 0 Å². The van der Waals surface area contributed by atoms with Crippen LogP contribution >= 0.6 is 15.9 Å². The smallest absolute Gasteiger partial charge is 0.227 e. The van der Waals surface area contributed by atoms with Crippen LogP contribution in [-0.2, 0) is 17.9 Å². The second-order valence-electron chi connectivity index (χ2n) is 5.65. The fourth-order valence-electron chi connectivity index (χ4n) is 2.74. The fourth-order valence-corrected chi connectivity index (χ4v) is 3.14. The monoisotopic (exact) mass is 376 g/mol. The second-order valence-corrected chi connectivity index (χ2v) is 6.57. The summed E-state index contributed by atoms with van der Waals surface area (Å²) >= 11 is 3.35. The molecule has 1 heterocycles. The van der Waals surface area contributed by atoms with E-state index in [1.54, 1.807) is 12.1 Å². The van der Waals surface area contributed by atoms with Gasteiger partial charge in [0.15, 0.2) is 0 Å². The summed E-state index contributed by atoms with van der Waals surface area (Å²) in [4.78, 5) is 13.5. The first-order chi connectivity index (χ1) is 11.1. The van der Waals surface area contributed by atoms with Gasteiger partial charge in [-0.05, 0) is 42.3 Å². The third-order valence-electron chi connectivity index (χ3n) is 3.97. The Morgan fingerprint density at radius 2 is 1.91 bits per heavy atom. The summed E-state index contributed by atoms with van der Waals surface area (Å²) in [6.07, 6.45) is 1.57. The zero-order valence-electron chi connectivity index (χ0n) is 12.7. The van der Waals surface area contributed by atoms with Gasteiger partial charge in [0.2, 0.25) is 5.91 Å². The molecule has 0 bridgehead atoms.